The van der Waals surface area contributed by atoms with E-state index in [1.807, 2.05) is 21.1 Å². The van der Waals surface area contributed by atoms with Crippen molar-refractivity contribution < 1.29 is 42.1 Å². The van der Waals surface area contributed by atoms with E-state index in [1.165, 1.54) is 77.0 Å². The summed E-state index contributed by atoms with van der Waals surface area (Å²) in [6.45, 7) is 4.38. The van der Waals surface area contributed by atoms with Gasteiger partial charge < -0.3 is 18.9 Å². The Hall–Kier alpha value is -1.51. The zero-order chi connectivity index (χ0) is 38.6. The van der Waals surface area contributed by atoms with Crippen molar-refractivity contribution in [2.75, 3.05) is 47.5 Å². The second kappa shape index (κ2) is 35.2. The van der Waals surface area contributed by atoms with Crippen LogP contribution < -0.4 is 0 Å². The maximum absolute atomic E-state index is 12.6. The van der Waals surface area contributed by atoms with Gasteiger partial charge in [0.15, 0.2) is 6.10 Å². The van der Waals surface area contributed by atoms with Crippen molar-refractivity contribution >= 4 is 19.8 Å². The van der Waals surface area contributed by atoms with Crippen LogP contribution in [0.25, 0.3) is 0 Å². The maximum atomic E-state index is 12.6. The molecule has 2 atom stereocenters. The first-order chi connectivity index (χ1) is 25.0. The van der Waals surface area contributed by atoms with Gasteiger partial charge in [-0.2, -0.15) is 0 Å². The monoisotopic (exact) mass is 759 g/mol. The third-order valence-corrected chi connectivity index (χ3v) is 9.94. The number of ether oxygens (including phenoxy) is 2. The van der Waals surface area contributed by atoms with Crippen molar-refractivity contribution in [1.82, 2.24) is 0 Å². The summed E-state index contributed by atoms with van der Waals surface area (Å²) >= 11 is 0. The van der Waals surface area contributed by atoms with Gasteiger partial charge in [-0.25, -0.2) is 4.57 Å². The SMILES string of the molecule is CCCCCC/C=C/CCCCCCCC(=O)O[C@H](COC(=O)CCCCCCC/C=C/CCCCCCCC)COP(=O)(O)OCC[N+](C)(C)C. The number of quaternary nitrogens is 1. The summed E-state index contributed by atoms with van der Waals surface area (Å²) in [6, 6.07) is 0. The molecule has 0 amide bonds. The van der Waals surface area contributed by atoms with Crippen molar-refractivity contribution in [3.05, 3.63) is 24.3 Å². The van der Waals surface area contributed by atoms with Crippen LogP contribution in [0, 0.1) is 0 Å². The van der Waals surface area contributed by atoms with E-state index in [0.29, 0.717) is 17.4 Å². The first kappa shape index (κ1) is 50.5. The number of unbranched alkanes of at least 4 members (excludes halogenated alkanes) is 20. The summed E-state index contributed by atoms with van der Waals surface area (Å²) in [5, 5.41) is 0. The lowest BCUT2D eigenvalue weighted by molar-refractivity contribution is -0.870. The minimum absolute atomic E-state index is 0.0298. The van der Waals surface area contributed by atoms with E-state index in [2.05, 4.69) is 38.2 Å². The molecule has 0 aromatic heterocycles. The lowest BCUT2D eigenvalue weighted by Gasteiger charge is -2.24. The normalized spacial score (nSPS) is 13.9. The molecule has 0 aromatic carbocycles. The minimum atomic E-state index is -4.37. The molecule has 10 heteroatoms. The fraction of sp³-hybridized carbons (Fsp3) is 0.857. The predicted molar refractivity (Wildman–Crippen MR) is 215 cm³/mol. The van der Waals surface area contributed by atoms with Crippen LogP contribution in [0.2, 0.25) is 0 Å². The van der Waals surface area contributed by atoms with Gasteiger partial charge in [0.2, 0.25) is 0 Å². The van der Waals surface area contributed by atoms with Gasteiger partial charge in [-0.15, -0.1) is 0 Å². The van der Waals surface area contributed by atoms with Crippen molar-refractivity contribution in [2.45, 2.75) is 187 Å². The topological polar surface area (TPSA) is 108 Å². The second-order valence-corrected chi connectivity index (χ2v) is 16.8. The fourth-order valence-corrected chi connectivity index (χ4v) is 6.33. The van der Waals surface area contributed by atoms with Crippen molar-refractivity contribution in [1.29, 1.82) is 0 Å². The van der Waals surface area contributed by atoms with E-state index in [-0.39, 0.29) is 32.0 Å². The van der Waals surface area contributed by atoms with Gasteiger partial charge in [0.25, 0.3) is 0 Å². The summed E-state index contributed by atoms with van der Waals surface area (Å²) in [5.74, 6) is -0.817. The second-order valence-electron chi connectivity index (χ2n) is 15.4. The van der Waals surface area contributed by atoms with E-state index < -0.39 is 26.5 Å². The molecular formula is C42H81NO8P+. The van der Waals surface area contributed by atoms with Gasteiger partial charge in [0.1, 0.15) is 19.8 Å². The van der Waals surface area contributed by atoms with Crippen molar-refractivity contribution in [3.8, 4) is 0 Å². The van der Waals surface area contributed by atoms with Crippen LogP contribution in [0.1, 0.15) is 181 Å². The Morgan fingerprint density at radius 1 is 0.577 bits per heavy atom. The number of likely N-dealkylation sites (N-methyl/N-ethyl adjacent to an activating group) is 1. The Bertz CT molecular complexity index is 949. The number of carbonyl (C=O) groups is 2. The number of esters is 2. The van der Waals surface area contributed by atoms with Crippen LogP contribution in [0.5, 0.6) is 0 Å². The first-order valence-electron chi connectivity index (χ1n) is 21.1. The number of phosphoric acid groups is 1. The van der Waals surface area contributed by atoms with Gasteiger partial charge in [-0.1, -0.05) is 128 Å². The highest BCUT2D eigenvalue weighted by molar-refractivity contribution is 7.47. The Morgan fingerprint density at radius 2 is 0.981 bits per heavy atom. The number of phosphoric ester groups is 1. The summed E-state index contributed by atoms with van der Waals surface area (Å²) in [6.07, 6.45) is 36.5. The molecule has 0 saturated heterocycles. The highest BCUT2D eigenvalue weighted by Gasteiger charge is 2.27. The molecule has 0 aromatic rings. The molecule has 1 unspecified atom stereocenters. The van der Waals surface area contributed by atoms with E-state index in [0.717, 1.165) is 70.6 Å². The summed E-state index contributed by atoms with van der Waals surface area (Å²) in [5.41, 5.74) is 0. The summed E-state index contributed by atoms with van der Waals surface area (Å²) in [7, 11) is 1.47. The zero-order valence-corrected chi connectivity index (χ0v) is 35.2. The van der Waals surface area contributed by atoms with Gasteiger partial charge in [0, 0.05) is 12.8 Å². The van der Waals surface area contributed by atoms with Crippen molar-refractivity contribution in [3.63, 3.8) is 0 Å². The van der Waals surface area contributed by atoms with E-state index in [4.69, 9.17) is 18.5 Å². The summed E-state index contributed by atoms with van der Waals surface area (Å²) in [4.78, 5) is 35.3. The third-order valence-electron chi connectivity index (χ3n) is 8.95. The zero-order valence-electron chi connectivity index (χ0n) is 34.3. The van der Waals surface area contributed by atoms with Crippen LogP contribution in [-0.2, 0) is 32.7 Å². The standard InChI is InChI=1S/C42H80NO8P/c1-6-8-10-12-14-16-18-20-21-23-24-26-28-30-32-34-41(44)48-38-40(39-50-52(46,47)49-37-36-43(3,4)5)51-42(45)35-33-31-29-27-25-22-19-17-15-13-11-9-7-2/h17,19-21,40H,6-16,18,22-39H2,1-5H3/p+1/b19-17+,21-20+/t40-/m1/s1. The number of carbonyl (C=O) groups excluding carboxylic acids is 2. The minimum Gasteiger partial charge on any atom is -0.462 e. The fourth-order valence-electron chi connectivity index (χ4n) is 5.59. The van der Waals surface area contributed by atoms with E-state index >= 15 is 0 Å². The van der Waals surface area contributed by atoms with Gasteiger partial charge >= 0.3 is 19.8 Å². The lowest BCUT2D eigenvalue weighted by Crippen LogP contribution is -2.37. The molecule has 0 rings (SSSR count). The average Bonchev–Trinajstić information content (AvgIpc) is 3.09. The molecule has 0 saturated carbocycles. The Labute approximate surface area is 319 Å². The third kappa shape index (κ3) is 38.2. The molecule has 0 spiro atoms. The Balaban J connectivity index is 4.40. The van der Waals surface area contributed by atoms with E-state index in [1.54, 1.807) is 0 Å². The first-order valence-corrected chi connectivity index (χ1v) is 22.6. The van der Waals surface area contributed by atoms with Crippen LogP contribution >= 0.6 is 7.82 Å². The molecule has 0 aliphatic rings. The molecule has 0 heterocycles. The molecule has 0 aliphatic heterocycles. The Kier molecular flexibility index (Phi) is 34.2. The Morgan fingerprint density at radius 3 is 1.44 bits per heavy atom. The highest BCUT2D eigenvalue weighted by Crippen LogP contribution is 2.43. The number of hydrogen-bond donors (Lipinski definition) is 1. The number of allylic oxidation sites excluding steroid dienone is 4. The lowest BCUT2D eigenvalue weighted by atomic mass is 10.1. The van der Waals surface area contributed by atoms with Gasteiger partial charge in [-0.05, 0) is 64.2 Å². The quantitative estimate of drug-likeness (QED) is 0.0218. The molecule has 0 bridgehead atoms. The molecule has 0 radical (unpaired) electrons. The van der Waals surface area contributed by atoms with Crippen LogP contribution in [0.15, 0.2) is 24.3 Å². The summed E-state index contributed by atoms with van der Waals surface area (Å²) < 4.78 is 34.2. The van der Waals surface area contributed by atoms with Crippen LogP contribution in [0.4, 0.5) is 0 Å². The largest absolute Gasteiger partial charge is 0.472 e. The molecule has 0 fully saturated rings. The molecule has 9 nitrogen and oxygen atoms in total. The molecule has 52 heavy (non-hydrogen) atoms. The molecule has 306 valence electrons. The number of hydrogen-bond acceptors (Lipinski definition) is 7. The average molecular weight is 759 g/mol. The maximum Gasteiger partial charge on any atom is 0.472 e. The van der Waals surface area contributed by atoms with E-state index in [9.17, 15) is 19.0 Å². The molecular weight excluding hydrogens is 677 g/mol. The van der Waals surface area contributed by atoms with Crippen molar-refractivity contribution in [2.24, 2.45) is 0 Å². The van der Waals surface area contributed by atoms with Gasteiger partial charge in [-0.3, -0.25) is 18.6 Å². The molecule has 1 N–H and O–H groups in total. The number of nitrogens with zero attached hydrogens (tertiary/aromatic N) is 1. The predicted octanol–water partition coefficient (Wildman–Crippen LogP) is 11.6. The molecule has 0 aliphatic carbocycles. The van der Waals surface area contributed by atoms with Gasteiger partial charge in [0.05, 0.1) is 27.7 Å². The van der Waals surface area contributed by atoms with Crippen LogP contribution in [0.3, 0.4) is 0 Å². The number of rotatable bonds is 38. The smallest absolute Gasteiger partial charge is 0.462 e. The van der Waals surface area contributed by atoms with Crippen LogP contribution in [-0.4, -0.2) is 74.9 Å². The highest BCUT2D eigenvalue weighted by atomic mass is 31.2.